The standard InChI is InChI=1S/C25H27N3O2/c1-18-5-7-19(8-6-18)25(13-4-14-25)20-9-11-22(12-10-20)30-17-21-15-26-16-23(27-21)24(29)28(2)3/h5-12,15-16H,4,13-14,17H2,1-3H3. The largest absolute Gasteiger partial charge is 0.487 e. The molecule has 4 rings (SSSR count). The highest BCUT2D eigenvalue weighted by atomic mass is 16.5. The average molecular weight is 402 g/mol. The van der Waals surface area contributed by atoms with Crippen LogP contribution in [-0.4, -0.2) is 34.9 Å². The molecule has 30 heavy (non-hydrogen) atoms. The van der Waals surface area contributed by atoms with Gasteiger partial charge in [-0.2, -0.15) is 0 Å². The van der Waals surface area contributed by atoms with Crippen LogP contribution >= 0.6 is 0 Å². The van der Waals surface area contributed by atoms with Gasteiger partial charge in [-0.1, -0.05) is 48.4 Å². The first kappa shape index (κ1) is 20.1. The number of benzene rings is 2. The van der Waals surface area contributed by atoms with E-state index >= 15 is 0 Å². The van der Waals surface area contributed by atoms with E-state index in [1.807, 2.05) is 12.1 Å². The summed E-state index contributed by atoms with van der Waals surface area (Å²) in [4.78, 5) is 22.0. The number of ether oxygens (including phenoxy) is 1. The summed E-state index contributed by atoms with van der Waals surface area (Å²) < 4.78 is 5.90. The average Bonchev–Trinajstić information content (AvgIpc) is 2.73. The maximum Gasteiger partial charge on any atom is 0.273 e. The Labute approximate surface area is 177 Å². The molecular weight excluding hydrogens is 374 g/mol. The predicted molar refractivity (Wildman–Crippen MR) is 117 cm³/mol. The molecule has 1 aliphatic carbocycles. The Hall–Kier alpha value is -3.21. The Morgan fingerprint density at radius 1 is 1.00 bits per heavy atom. The molecule has 0 unspecified atom stereocenters. The van der Waals surface area contributed by atoms with E-state index in [4.69, 9.17) is 4.74 Å². The van der Waals surface area contributed by atoms with E-state index in [1.54, 1.807) is 20.3 Å². The Kier molecular flexibility index (Phi) is 5.53. The van der Waals surface area contributed by atoms with Crippen molar-refractivity contribution >= 4 is 5.91 Å². The topological polar surface area (TPSA) is 55.3 Å². The van der Waals surface area contributed by atoms with Crippen molar-refractivity contribution in [2.75, 3.05) is 14.1 Å². The van der Waals surface area contributed by atoms with Crippen LogP contribution in [0, 0.1) is 6.92 Å². The number of rotatable bonds is 6. The van der Waals surface area contributed by atoms with Crippen molar-refractivity contribution in [3.63, 3.8) is 0 Å². The van der Waals surface area contributed by atoms with Gasteiger partial charge in [0.15, 0.2) is 0 Å². The molecule has 1 fully saturated rings. The van der Waals surface area contributed by atoms with Gasteiger partial charge in [-0.15, -0.1) is 0 Å². The zero-order valence-electron chi connectivity index (χ0n) is 17.8. The van der Waals surface area contributed by atoms with Crippen molar-refractivity contribution in [2.45, 2.75) is 38.2 Å². The lowest BCUT2D eigenvalue weighted by molar-refractivity contribution is 0.0821. The highest BCUT2D eigenvalue weighted by Crippen LogP contribution is 2.49. The highest BCUT2D eigenvalue weighted by Gasteiger charge is 2.40. The van der Waals surface area contributed by atoms with Gasteiger partial charge in [-0.05, 0) is 43.0 Å². The molecule has 154 valence electrons. The summed E-state index contributed by atoms with van der Waals surface area (Å²) in [7, 11) is 3.39. The molecule has 0 atom stereocenters. The summed E-state index contributed by atoms with van der Waals surface area (Å²) >= 11 is 0. The molecule has 2 aromatic carbocycles. The summed E-state index contributed by atoms with van der Waals surface area (Å²) in [5, 5.41) is 0. The van der Waals surface area contributed by atoms with Crippen molar-refractivity contribution in [1.29, 1.82) is 0 Å². The molecule has 0 aliphatic heterocycles. The van der Waals surface area contributed by atoms with Gasteiger partial charge >= 0.3 is 0 Å². The fraction of sp³-hybridized carbons (Fsp3) is 0.320. The second kappa shape index (κ2) is 8.27. The second-order valence-electron chi connectivity index (χ2n) is 8.21. The SMILES string of the molecule is Cc1ccc(C2(c3ccc(OCc4cncc(C(=O)N(C)C)n4)cc3)CCC2)cc1. The van der Waals surface area contributed by atoms with Gasteiger partial charge in [0.25, 0.3) is 5.91 Å². The normalized spacial score (nSPS) is 14.6. The summed E-state index contributed by atoms with van der Waals surface area (Å²) in [6, 6.07) is 17.3. The molecule has 0 radical (unpaired) electrons. The van der Waals surface area contributed by atoms with E-state index < -0.39 is 0 Å². The van der Waals surface area contributed by atoms with E-state index in [9.17, 15) is 4.79 Å². The summed E-state index contributed by atoms with van der Waals surface area (Å²) in [5.41, 5.74) is 5.09. The van der Waals surface area contributed by atoms with E-state index in [-0.39, 0.29) is 17.9 Å². The van der Waals surface area contributed by atoms with Gasteiger partial charge in [0.1, 0.15) is 18.1 Å². The van der Waals surface area contributed by atoms with Crippen molar-refractivity contribution in [3.8, 4) is 5.75 Å². The van der Waals surface area contributed by atoms with Crippen molar-refractivity contribution in [3.05, 3.63) is 89.0 Å². The Morgan fingerprint density at radius 2 is 1.63 bits per heavy atom. The van der Waals surface area contributed by atoms with Crippen molar-refractivity contribution in [1.82, 2.24) is 14.9 Å². The van der Waals surface area contributed by atoms with Crippen LogP contribution in [0.25, 0.3) is 0 Å². The van der Waals surface area contributed by atoms with Crippen LogP contribution in [0.5, 0.6) is 5.75 Å². The number of amides is 1. The zero-order chi connectivity index (χ0) is 21.1. The van der Waals surface area contributed by atoms with Crippen LogP contribution in [0.4, 0.5) is 0 Å². The molecule has 1 aromatic heterocycles. The number of aryl methyl sites for hydroxylation is 1. The number of aromatic nitrogens is 2. The van der Waals surface area contributed by atoms with E-state index in [1.165, 1.54) is 47.0 Å². The molecule has 1 saturated carbocycles. The van der Waals surface area contributed by atoms with Gasteiger partial charge in [-0.3, -0.25) is 9.78 Å². The number of carbonyl (C=O) groups excluding carboxylic acids is 1. The third kappa shape index (κ3) is 3.92. The number of nitrogens with zero attached hydrogens (tertiary/aromatic N) is 3. The first-order chi connectivity index (χ1) is 14.5. The first-order valence-corrected chi connectivity index (χ1v) is 10.3. The maximum absolute atomic E-state index is 12.1. The van der Waals surface area contributed by atoms with Gasteiger partial charge in [0.2, 0.25) is 0 Å². The number of hydrogen-bond acceptors (Lipinski definition) is 4. The van der Waals surface area contributed by atoms with Crippen LogP contribution in [0.1, 0.15) is 52.1 Å². The Balaban J connectivity index is 1.46. The van der Waals surface area contributed by atoms with Crippen LogP contribution in [0.3, 0.4) is 0 Å². The Morgan fingerprint density at radius 3 is 2.20 bits per heavy atom. The molecule has 5 heteroatoms. The fourth-order valence-electron chi connectivity index (χ4n) is 3.98. The molecule has 3 aromatic rings. The molecule has 5 nitrogen and oxygen atoms in total. The van der Waals surface area contributed by atoms with E-state index in [0.29, 0.717) is 11.4 Å². The minimum atomic E-state index is -0.171. The number of hydrogen-bond donors (Lipinski definition) is 0. The van der Waals surface area contributed by atoms with Crippen molar-refractivity contribution in [2.24, 2.45) is 0 Å². The van der Waals surface area contributed by atoms with Gasteiger partial charge in [0, 0.05) is 19.5 Å². The highest BCUT2D eigenvalue weighted by molar-refractivity contribution is 5.91. The van der Waals surface area contributed by atoms with Crippen molar-refractivity contribution < 1.29 is 9.53 Å². The smallest absolute Gasteiger partial charge is 0.273 e. The fourth-order valence-corrected chi connectivity index (χ4v) is 3.98. The predicted octanol–water partition coefficient (Wildman–Crippen LogP) is 4.54. The molecule has 0 spiro atoms. The van der Waals surface area contributed by atoms with E-state index in [0.717, 1.165) is 5.75 Å². The maximum atomic E-state index is 12.1. The minimum Gasteiger partial charge on any atom is -0.487 e. The minimum absolute atomic E-state index is 0.124. The molecule has 0 N–H and O–H groups in total. The lowest BCUT2D eigenvalue weighted by Crippen LogP contribution is -2.35. The van der Waals surface area contributed by atoms with Gasteiger partial charge in [-0.25, -0.2) is 4.98 Å². The summed E-state index contributed by atoms with van der Waals surface area (Å²) in [6.07, 6.45) is 6.72. The molecular formula is C25H27N3O2. The number of carbonyl (C=O) groups is 1. The summed E-state index contributed by atoms with van der Waals surface area (Å²) in [6.45, 7) is 2.39. The van der Waals surface area contributed by atoms with Gasteiger partial charge in [0.05, 0.1) is 18.1 Å². The summed E-state index contributed by atoms with van der Waals surface area (Å²) in [5.74, 6) is 0.610. The third-order valence-electron chi connectivity index (χ3n) is 5.91. The zero-order valence-corrected chi connectivity index (χ0v) is 17.8. The lowest BCUT2D eigenvalue weighted by atomic mass is 9.60. The van der Waals surface area contributed by atoms with Gasteiger partial charge < -0.3 is 9.64 Å². The monoisotopic (exact) mass is 401 g/mol. The van der Waals surface area contributed by atoms with Crippen LogP contribution < -0.4 is 4.74 Å². The molecule has 1 aliphatic rings. The first-order valence-electron chi connectivity index (χ1n) is 10.3. The Bertz CT molecular complexity index is 1020. The van der Waals surface area contributed by atoms with Crippen LogP contribution in [0.15, 0.2) is 60.9 Å². The second-order valence-corrected chi connectivity index (χ2v) is 8.21. The molecule has 0 saturated heterocycles. The van der Waals surface area contributed by atoms with Crippen LogP contribution in [0.2, 0.25) is 0 Å². The van der Waals surface area contributed by atoms with Crippen LogP contribution in [-0.2, 0) is 12.0 Å². The van der Waals surface area contributed by atoms with E-state index in [2.05, 4.69) is 53.3 Å². The lowest BCUT2D eigenvalue weighted by Gasteiger charge is -2.43. The molecule has 1 heterocycles. The quantitative estimate of drug-likeness (QED) is 0.609. The molecule has 0 bridgehead atoms. The molecule has 1 amide bonds. The third-order valence-corrected chi connectivity index (χ3v) is 5.91.